The fourth-order valence-electron chi connectivity index (χ4n) is 2.12. The Morgan fingerprint density at radius 3 is 2.89 bits per heavy atom. The van der Waals surface area contributed by atoms with Crippen molar-refractivity contribution < 1.29 is 0 Å². The molecule has 3 rings (SSSR count). The van der Waals surface area contributed by atoms with E-state index in [9.17, 15) is 4.79 Å². The van der Waals surface area contributed by atoms with Gasteiger partial charge in [-0.15, -0.1) is 0 Å². The van der Waals surface area contributed by atoms with E-state index >= 15 is 0 Å². The van der Waals surface area contributed by atoms with Crippen LogP contribution in [0.1, 0.15) is 11.1 Å². The van der Waals surface area contributed by atoms with Crippen LogP contribution in [0.5, 0.6) is 0 Å². The monoisotopic (exact) mass is 251 g/mol. The number of nitrogens with zero attached hydrogens (tertiary/aromatic N) is 3. The van der Waals surface area contributed by atoms with Gasteiger partial charge in [-0.1, -0.05) is 29.8 Å². The second-order valence-corrected chi connectivity index (χ2v) is 4.54. The van der Waals surface area contributed by atoms with Crippen LogP contribution in [-0.2, 0) is 6.54 Å². The van der Waals surface area contributed by atoms with E-state index in [1.165, 1.54) is 5.56 Å². The first-order valence-corrected chi connectivity index (χ1v) is 6.10. The summed E-state index contributed by atoms with van der Waals surface area (Å²) in [5, 5.41) is 0.553. The number of benzene rings is 1. The second kappa shape index (κ2) is 4.65. The number of hydrogen-bond acceptors (Lipinski definition) is 3. The maximum Gasteiger partial charge on any atom is 0.263 e. The topological polar surface area (TPSA) is 47.8 Å². The molecule has 0 aliphatic carbocycles. The Morgan fingerprint density at radius 2 is 2.05 bits per heavy atom. The Bertz CT molecular complexity index is 792. The summed E-state index contributed by atoms with van der Waals surface area (Å²) in [6.45, 7) is 2.56. The largest absolute Gasteiger partial charge is 0.294 e. The molecule has 0 amide bonds. The standard InChI is InChI=1S/C15H13N3O/c1-11-4-2-5-12(8-11)9-18-10-17-14-13(15(18)19)6-3-7-16-14/h2-8,10H,9H2,1H3. The van der Waals surface area contributed by atoms with Gasteiger partial charge in [0.25, 0.3) is 5.56 Å². The van der Waals surface area contributed by atoms with Gasteiger partial charge in [0, 0.05) is 6.20 Å². The van der Waals surface area contributed by atoms with Crippen LogP contribution >= 0.6 is 0 Å². The Balaban J connectivity index is 2.06. The lowest BCUT2D eigenvalue weighted by molar-refractivity contribution is 0.746. The van der Waals surface area contributed by atoms with Crippen LogP contribution in [0.25, 0.3) is 11.0 Å². The van der Waals surface area contributed by atoms with Crippen molar-refractivity contribution in [1.82, 2.24) is 14.5 Å². The van der Waals surface area contributed by atoms with E-state index in [1.54, 1.807) is 29.2 Å². The Hall–Kier alpha value is -2.49. The molecular formula is C15H13N3O. The summed E-state index contributed by atoms with van der Waals surface area (Å²) in [6, 6.07) is 11.6. The molecule has 0 aliphatic rings. The van der Waals surface area contributed by atoms with Crippen LogP contribution in [0, 0.1) is 6.92 Å². The number of aryl methyl sites for hydroxylation is 1. The van der Waals surface area contributed by atoms with Gasteiger partial charge >= 0.3 is 0 Å². The van der Waals surface area contributed by atoms with Gasteiger partial charge in [-0.3, -0.25) is 9.36 Å². The first-order valence-electron chi connectivity index (χ1n) is 6.10. The highest BCUT2D eigenvalue weighted by atomic mass is 16.1. The molecular weight excluding hydrogens is 238 g/mol. The smallest absolute Gasteiger partial charge is 0.263 e. The highest BCUT2D eigenvalue weighted by Crippen LogP contribution is 2.06. The minimum Gasteiger partial charge on any atom is -0.294 e. The molecule has 0 saturated carbocycles. The maximum atomic E-state index is 12.3. The first kappa shape index (κ1) is 11.6. The Morgan fingerprint density at radius 1 is 1.16 bits per heavy atom. The fraction of sp³-hybridized carbons (Fsp3) is 0.133. The van der Waals surface area contributed by atoms with E-state index in [0.717, 1.165) is 5.56 Å². The van der Waals surface area contributed by atoms with Gasteiger partial charge in [0.1, 0.15) is 6.33 Å². The molecule has 3 aromatic rings. The van der Waals surface area contributed by atoms with Crippen molar-refractivity contribution in [2.75, 3.05) is 0 Å². The molecule has 0 fully saturated rings. The van der Waals surface area contributed by atoms with E-state index in [-0.39, 0.29) is 5.56 Å². The van der Waals surface area contributed by atoms with Crippen LogP contribution in [0.3, 0.4) is 0 Å². The van der Waals surface area contributed by atoms with Crippen molar-refractivity contribution >= 4 is 11.0 Å². The van der Waals surface area contributed by atoms with Crippen molar-refractivity contribution in [2.45, 2.75) is 13.5 Å². The van der Waals surface area contributed by atoms with Gasteiger partial charge < -0.3 is 0 Å². The third-order valence-electron chi connectivity index (χ3n) is 3.03. The zero-order valence-corrected chi connectivity index (χ0v) is 10.6. The van der Waals surface area contributed by atoms with Crippen LogP contribution < -0.4 is 5.56 Å². The number of aromatic nitrogens is 3. The summed E-state index contributed by atoms with van der Waals surface area (Å²) in [6.07, 6.45) is 3.19. The fourth-order valence-corrected chi connectivity index (χ4v) is 2.12. The minimum atomic E-state index is -0.0559. The molecule has 4 nitrogen and oxygen atoms in total. The van der Waals surface area contributed by atoms with Crippen LogP contribution in [0.15, 0.2) is 53.7 Å². The predicted octanol–water partition coefficient (Wildman–Crippen LogP) is 2.15. The first-order chi connectivity index (χ1) is 9.24. The quantitative estimate of drug-likeness (QED) is 0.701. The van der Waals surface area contributed by atoms with Crippen LogP contribution in [0.2, 0.25) is 0 Å². The molecule has 2 aromatic heterocycles. The molecule has 0 aliphatic heterocycles. The van der Waals surface area contributed by atoms with Gasteiger partial charge in [0.05, 0.1) is 11.9 Å². The van der Waals surface area contributed by atoms with Crippen LogP contribution in [0.4, 0.5) is 0 Å². The van der Waals surface area contributed by atoms with Crippen molar-refractivity contribution in [3.8, 4) is 0 Å². The van der Waals surface area contributed by atoms with Crippen molar-refractivity contribution in [2.24, 2.45) is 0 Å². The summed E-state index contributed by atoms with van der Waals surface area (Å²) in [5.41, 5.74) is 2.71. The van der Waals surface area contributed by atoms with Crippen LogP contribution in [-0.4, -0.2) is 14.5 Å². The third-order valence-corrected chi connectivity index (χ3v) is 3.03. The van der Waals surface area contributed by atoms with Crippen molar-refractivity contribution in [1.29, 1.82) is 0 Å². The highest BCUT2D eigenvalue weighted by Gasteiger charge is 2.04. The van der Waals surface area contributed by atoms with Gasteiger partial charge in [0.2, 0.25) is 0 Å². The average molecular weight is 251 g/mol. The summed E-state index contributed by atoms with van der Waals surface area (Å²) in [4.78, 5) is 20.6. The number of rotatable bonds is 2. The average Bonchev–Trinajstić information content (AvgIpc) is 2.42. The van der Waals surface area contributed by atoms with E-state index < -0.39 is 0 Å². The molecule has 0 unspecified atom stereocenters. The van der Waals surface area contributed by atoms with Gasteiger partial charge in [-0.2, -0.15) is 0 Å². The van der Waals surface area contributed by atoms with Crippen molar-refractivity contribution in [3.05, 3.63) is 70.4 Å². The molecule has 0 N–H and O–H groups in total. The molecule has 0 bridgehead atoms. The number of fused-ring (bicyclic) bond motifs is 1. The lowest BCUT2D eigenvalue weighted by atomic mass is 10.1. The molecule has 19 heavy (non-hydrogen) atoms. The molecule has 0 spiro atoms. The van der Waals surface area contributed by atoms with Gasteiger partial charge in [-0.05, 0) is 24.6 Å². The van der Waals surface area contributed by atoms with Gasteiger partial charge in [0.15, 0.2) is 5.65 Å². The predicted molar refractivity (Wildman–Crippen MR) is 74.1 cm³/mol. The summed E-state index contributed by atoms with van der Waals surface area (Å²) >= 11 is 0. The zero-order valence-electron chi connectivity index (χ0n) is 10.6. The summed E-state index contributed by atoms with van der Waals surface area (Å²) < 4.78 is 1.61. The SMILES string of the molecule is Cc1cccc(Cn2cnc3ncccc3c2=O)c1. The Kier molecular flexibility index (Phi) is 2.83. The lowest BCUT2D eigenvalue weighted by Gasteiger charge is -2.06. The summed E-state index contributed by atoms with van der Waals surface area (Å²) in [7, 11) is 0. The van der Waals surface area contributed by atoms with E-state index in [2.05, 4.69) is 16.0 Å². The highest BCUT2D eigenvalue weighted by molar-refractivity contribution is 5.72. The molecule has 0 saturated heterocycles. The molecule has 1 aromatic carbocycles. The minimum absolute atomic E-state index is 0.0559. The molecule has 94 valence electrons. The number of hydrogen-bond donors (Lipinski definition) is 0. The maximum absolute atomic E-state index is 12.3. The van der Waals surface area contributed by atoms with E-state index in [4.69, 9.17) is 0 Å². The molecule has 2 heterocycles. The van der Waals surface area contributed by atoms with E-state index in [1.807, 2.05) is 25.1 Å². The van der Waals surface area contributed by atoms with Gasteiger partial charge in [-0.25, -0.2) is 9.97 Å². The normalized spacial score (nSPS) is 10.8. The Labute approximate surface area is 110 Å². The van der Waals surface area contributed by atoms with Crippen molar-refractivity contribution in [3.63, 3.8) is 0 Å². The summed E-state index contributed by atoms with van der Waals surface area (Å²) in [5.74, 6) is 0. The third kappa shape index (κ3) is 2.25. The number of pyridine rings is 1. The molecule has 4 heteroatoms. The second-order valence-electron chi connectivity index (χ2n) is 4.54. The zero-order chi connectivity index (χ0) is 13.2. The molecule has 0 radical (unpaired) electrons. The van der Waals surface area contributed by atoms with E-state index in [0.29, 0.717) is 17.6 Å². The lowest BCUT2D eigenvalue weighted by Crippen LogP contribution is -2.21. The molecule has 0 atom stereocenters.